The van der Waals surface area contributed by atoms with Crippen LogP contribution in [0.25, 0.3) is 6.08 Å². The van der Waals surface area contributed by atoms with Crippen molar-refractivity contribution in [2.75, 3.05) is 5.73 Å². The lowest BCUT2D eigenvalue weighted by Crippen LogP contribution is -1.96. The summed E-state index contributed by atoms with van der Waals surface area (Å²) < 4.78 is 0. The van der Waals surface area contributed by atoms with Crippen LogP contribution in [0.3, 0.4) is 0 Å². The number of aryl methyl sites for hydroxylation is 2. The Hall–Kier alpha value is -1.31. The van der Waals surface area contributed by atoms with E-state index >= 15 is 0 Å². The van der Waals surface area contributed by atoms with Crippen molar-refractivity contribution < 1.29 is 0 Å². The predicted octanol–water partition coefficient (Wildman–Crippen LogP) is 1.92. The van der Waals surface area contributed by atoms with Crippen molar-refractivity contribution in [3.05, 3.63) is 29.5 Å². The van der Waals surface area contributed by atoms with Gasteiger partial charge >= 0.3 is 0 Å². The van der Waals surface area contributed by atoms with E-state index in [-0.39, 0.29) is 0 Å². The SMILES string of the molecule is C=Cc1c(C)cc(N)nc1C. The highest BCUT2D eigenvalue weighted by atomic mass is 14.8. The molecule has 1 heterocycles. The molecule has 1 aromatic rings. The minimum Gasteiger partial charge on any atom is -0.384 e. The van der Waals surface area contributed by atoms with Crippen LogP contribution in [0, 0.1) is 13.8 Å². The molecule has 58 valence electrons. The van der Waals surface area contributed by atoms with Crippen molar-refractivity contribution in [2.45, 2.75) is 13.8 Å². The average molecular weight is 148 g/mol. The second kappa shape index (κ2) is 2.74. The quantitative estimate of drug-likeness (QED) is 0.660. The van der Waals surface area contributed by atoms with E-state index in [0.717, 1.165) is 16.8 Å². The third kappa shape index (κ3) is 1.40. The summed E-state index contributed by atoms with van der Waals surface area (Å²) >= 11 is 0. The maximum Gasteiger partial charge on any atom is 0.123 e. The third-order valence-electron chi connectivity index (χ3n) is 1.68. The number of aromatic nitrogens is 1. The van der Waals surface area contributed by atoms with Crippen LogP contribution in [-0.4, -0.2) is 4.98 Å². The molecule has 0 aliphatic heterocycles. The molecule has 0 saturated carbocycles. The number of anilines is 1. The highest BCUT2D eigenvalue weighted by Gasteiger charge is 2.00. The van der Waals surface area contributed by atoms with Gasteiger partial charge in [-0.15, -0.1) is 0 Å². The molecule has 0 aromatic carbocycles. The van der Waals surface area contributed by atoms with Gasteiger partial charge in [0.1, 0.15) is 5.82 Å². The number of nitrogen functional groups attached to an aromatic ring is 1. The molecule has 0 aliphatic carbocycles. The largest absolute Gasteiger partial charge is 0.384 e. The maximum absolute atomic E-state index is 5.54. The molecule has 1 aromatic heterocycles. The van der Waals surface area contributed by atoms with E-state index in [2.05, 4.69) is 11.6 Å². The molecule has 0 radical (unpaired) electrons. The van der Waals surface area contributed by atoms with Gasteiger partial charge in [0.2, 0.25) is 0 Å². The zero-order valence-electron chi connectivity index (χ0n) is 6.89. The molecule has 0 unspecified atom stereocenters. The molecule has 0 bridgehead atoms. The summed E-state index contributed by atoms with van der Waals surface area (Å²) in [7, 11) is 0. The Labute approximate surface area is 66.8 Å². The molecule has 0 aliphatic rings. The van der Waals surface area contributed by atoms with E-state index in [1.165, 1.54) is 0 Å². The second-order valence-electron chi connectivity index (χ2n) is 2.57. The topological polar surface area (TPSA) is 38.9 Å². The lowest BCUT2D eigenvalue weighted by molar-refractivity contribution is 1.17. The van der Waals surface area contributed by atoms with Crippen molar-refractivity contribution in [3.8, 4) is 0 Å². The van der Waals surface area contributed by atoms with E-state index in [0.29, 0.717) is 5.82 Å². The van der Waals surface area contributed by atoms with Crippen LogP contribution < -0.4 is 5.73 Å². The predicted molar refractivity (Wildman–Crippen MR) is 48.2 cm³/mol. The van der Waals surface area contributed by atoms with Gasteiger partial charge in [-0.3, -0.25) is 0 Å². The smallest absolute Gasteiger partial charge is 0.123 e. The van der Waals surface area contributed by atoms with Crippen LogP contribution in [0.1, 0.15) is 16.8 Å². The minimum atomic E-state index is 0.575. The van der Waals surface area contributed by atoms with Crippen molar-refractivity contribution in [1.29, 1.82) is 0 Å². The lowest BCUT2D eigenvalue weighted by atomic mass is 10.1. The Bertz CT molecular complexity index is 267. The number of hydrogen-bond donors (Lipinski definition) is 1. The molecule has 0 saturated heterocycles. The van der Waals surface area contributed by atoms with E-state index in [9.17, 15) is 0 Å². The summed E-state index contributed by atoms with van der Waals surface area (Å²) in [5, 5.41) is 0. The van der Waals surface area contributed by atoms with Gasteiger partial charge in [0.25, 0.3) is 0 Å². The van der Waals surface area contributed by atoms with Crippen LogP contribution in [0.5, 0.6) is 0 Å². The van der Waals surface area contributed by atoms with Gasteiger partial charge in [0.05, 0.1) is 0 Å². The monoisotopic (exact) mass is 148 g/mol. The van der Waals surface area contributed by atoms with E-state index < -0.39 is 0 Å². The first kappa shape index (κ1) is 7.79. The minimum absolute atomic E-state index is 0.575. The molecule has 0 spiro atoms. The average Bonchev–Trinajstić information content (AvgIpc) is 1.85. The number of hydrogen-bond acceptors (Lipinski definition) is 2. The van der Waals surface area contributed by atoms with E-state index in [4.69, 9.17) is 5.73 Å². The first-order chi connectivity index (χ1) is 5.15. The number of nitrogens with two attached hydrogens (primary N) is 1. The highest BCUT2D eigenvalue weighted by molar-refractivity contribution is 5.56. The van der Waals surface area contributed by atoms with Gasteiger partial charge in [-0.25, -0.2) is 4.98 Å². The summed E-state index contributed by atoms with van der Waals surface area (Å²) in [5.41, 5.74) is 8.69. The first-order valence-corrected chi connectivity index (χ1v) is 3.51. The molecule has 0 amide bonds. The zero-order chi connectivity index (χ0) is 8.43. The summed E-state index contributed by atoms with van der Waals surface area (Å²) in [4.78, 5) is 4.11. The van der Waals surface area contributed by atoms with Crippen molar-refractivity contribution in [1.82, 2.24) is 4.98 Å². The van der Waals surface area contributed by atoms with E-state index in [1.807, 2.05) is 19.9 Å². The number of pyridine rings is 1. The summed E-state index contributed by atoms with van der Waals surface area (Å²) in [6.07, 6.45) is 1.80. The standard InChI is InChI=1S/C9H12N2/c1-4-8-6(2)5-9(10)11-7(8)3/h4-5H,1H2,2-3H3,(H2,10,11). The molecule has 2 nitrogen and oxygen atoms in total. The fourth-order valence-corrected chi connectivity index (χ4v) is 1.18. The molecule has 11 heavy (non-hydrogen) atoms. The van der Waals surface area contributed by atoms with Crippen molar-refractivity contribution in [2.24, 2.45) is 0 Å². The van der Waals surface area contributed by atoms with Gasteiger partial charge < -0.3 is 5.73 Å². The Morgan fingerprint density at radius 3 is 2.64 bits per heavy atom. The molecular weight excluding hydrogens is 136 g/mol. The van der Waals surface area contributed by atoms with Gasteiger partial charge in [-0.05, 0) is 31.0 Å². The second-order valence-corrected chi connectivity index (χ2v) is 2.57. The Morgan fingerprint density at radius 2 is 2.18 bits per heavy atom. The van der Waals surface area contributed by atoms with Crippen molar-refractivity contribution >= 4 is 11.9 Å². The fraction of sp³-hybridized carbons (Fsp3) is 0.222. The van der Waals surface area contributed by atoms with Crippen molar-refractivity contribution in [3.63, 3.8) is 0 Å². The molecule has 0 fully saturated rings. The molecule has 2 N–H and O–H groups in total. The first-order valence-electron chi connectivity index (χ1n) is 3.51. The lowest BCUT2D eigenvalue weighted by Gasteiger charge is -2.04. The van der Waals surface area contributed by atoms with Gasteiger partial charge in [-0.1, -0.05) is 12.7 Å². The molecule has 1 rings (SSSR count). The van der Waals surface area contributed by atoms with Crippen LogP contribution in [0.4, 0.5) is 5.82 Å². The van der Waals surface area contributed by atoms with Gasteiger partial charge in [0.15, 0.2) is 0 Å². The van der Waals surface area contributed by atoms with Gasteiger partial charge in [0, 0.05) is 5.69 Å². The van der Waals surface area contributed by atoms with Crippen LogP contribution in [-0.2, 0) is 0 Å². The Morgan fingerprint density at radius 1 is 1.55 bits per heavy atom. The summed E-state index contributed by atoms with van der Waals surface area (Å²) in [6.45, 7) is 7.63. The maximum atomic E-state index is 5.54. The van der Waals surface area contributed by atoms with E-state index in [1.54, 1.807) is 6.08 Å². The zero-order valence-corrected chi connectivity index (χ0v) is 6.89. The Kier molecular flexibility index (Phi) is 1.94. The molecular formula is C9H12N2. The third-order valence-corrected chi connectivity index (χ3v) is 1.68. The highest BCUT2D eigenvalue weighted by Crippen LogP contribution is 2.14. The Balaban J connectivity index is 3.36. The number of rotatable bonds is 1. The summed E-state index contributed by atoms with van der Waals surface area (Å²) in [5.74, 6) is 0.575. The molecule has 2 heteroatoms. The van der Waals surface area contributed by atoms with Gasteiger partial charge in [-0.2, -0.15) is 0 Å². The van der Waals surface area contributed by atoms with Crippen LogP contribution >= 0.6 is 0 Å². The van der Waals surface area contributed by atoms with Crippen LogP contribution in [0.2, 0.25) is 0 Å². The normalized spacial score (nSPS) is 9.64. The van der Waals surface area contributed by atoms with Crippen LogP contribution in [0.15, 0.2) is 12.6 Å². The number of nitrogens with zero attached hydrogens (tertiary/aromatic N) is 1. The summed E-state index contributed by atoms with van der Waals surface area (Å²) in [6, 6.07) is 1.85. The fourth-order valence-electron chi connectivity index (χ4n) is 1.18. The molecule has 0 atom stereocenters.